The molecule has 1 atom stereocenters. The highest BCUT2D eigenvalue weighted by atomic mass is 15.2. The molecule has 0 aromatic heterocycles. The number of piperidine rings is 1. The molecule has 0 bridgehead atoms. The number of rotatable bonds is 4. The van der Waals surface area contributed by atoms with Gasteiger partial charge in [-0.3, -0.25) is 4.90 Å². The van der Waals surface area contributed by atoms with Crippen LogP contribution >= 0.6 is 0 Å². The minimum atomic E-state index is 0.636. The summed E-state index contributed by atoms with van der Waals surface area (Å²) in [6, 6.07) is 11.7. The Morgan fingerprint density at radius 3 is 2.24 bits per heavy atom. The molecular weight excluding hydrogens is 206 g/mol. The van der Waals surface area contributed by atoms with E-state index in [4.69, 9.17) is 0 Å². The van der Waals surface area contributed by atoms with Crippen molar-refractivity contribution in [2.75, 3.05) is 13.1 Å². The van der Waals surface area contributed by atoms with E-state index in [0.29, 0.717) is 6.04 Å². The van der Waals surface area contributed by atoms with Crippen molar-refractivity contribution in [3.8, 4) is 0 Å². The second kappa shape index (κ2) is 6.20. The fourth-order valence-corrected chi connectivity index (χ4v) is 2.85. The van der Waals surface area contributed by atoms with E-state index in [1.807, 2.05) is 0 Å². The third-order valence-corrected chi connectivity index (χ3v) is 3.71. The van der Waals surface area contributed by atoms with Gasteiger partial charge in [-0.1, -0.05) is 50.6 Å². The molecule has 0 aliphatic carbocycles. The molecule has 1 saturated heterocycles. The summed E-state index contributed by atoms with van der Waals surface area (Å²) >= 11 is 0. The number of benzene rings is 1. The van der Waals surface area contributed by atoms with Gasteiger partial charge in [0, 0.05) is 6.04 Å². The molecular formula is C16H25N. The second-order valence-electron chi connectivity index (χ2n) is 5.65. The SMILES string of the molecule is CC(C)C[C@H](c1ccccc1)N1CCCCC1. The Kier molecular flexibility index (Phi) is 4.61. The molecule has 1 aliphatic heterocycles. The van der Waals surface area contributed by atoms with Crippen molar-refractivity contribution in [2.45, 2.75) is 45.6 Å². The molecule has 1 nitrogen and oxygen atoms in total. The molecule has 2 rings (SSSR count). The molecule has 17 heavy (non-hydrogen) atoms. The molecule has 1 aromatic rings. The Morgan fingerprint density at radius 2 is 1.65 bits per heavy atom. The minimum absolute atomic E-state index is 0.636. The highest BCUT2D eigenvalue weighted by Gasteiger charge is 2.22. The van der Waals surface area contributed by atoms with E-state index in [1.54, 1.807) is 0 Å². The largest absolute Gasteiger partial charge is 0.296 e. The third-order valence-electron chi connectivity index (χ3n) is 3.71. The summed E-state index contributed by atoms with van der Waals surface area (Å²) < 4.78 is 0. The molecule has 0 unspecified atom stereocenters. The molecule has 1 heteroatoms. The van der Waals surface area contributed by atoms with Crippen LogP contribution in [-0.4, -0.2) is 18.0 Å². The predicted octanol–water partition coefficient (Wildman–Crippen LogP) is 4.26. The van der Waals surface area contributed by atoms with Crippen molar-refractivity contribution in [2.24, 2.45) is 5.92 Å². The Labute approximate surface area is 106 Å². The van der Waals surface area contributed by atoms with Crippen LogP contribution in [0, 0.1) is 5.92 Å². The average molecular weight is 231 g/mol. The van der Waals surface area contributed by atoms with Gasteiger partial charge in [0.2, 0.25) is 0 Å². The van der Waals surface area contributed by atoms with Crippen molar-refractivity contribution in [1.29, 1.82) is 0 Å². The normalized spacial score (nSPS) is 19.5. The van der Waals surface area contributed by atoms with Gasteiger partial charge >= 0.3 is 0 Å². The Bertz CT molecular complexity index is 312. The first-order chi connectivity index (χ1) is 8.27. The van der Waals surface area contributed by atoms with Gasteiger partial charge in [0.25, 0.3) is 0 Å². The Balaban J connectivity index is 2.12. The van der Waals surface area contributed by atoms with Crippen LogP contribution in [0.1, 0.15) is 51.1 Å². The number of hydrogen-bond acceptors (Lipinski definition) is 1. The molecule has 1 aliphatic rings. The molecule has 94 valence electrons. The fourth-order valence-electron chi connectivity index (χ4n) is 2.85. The first-order valence-corrected chi connectivity index (χ1v) is 7.06. The molecule has 0 spiro atoms. The van der Waals surface area contributed by atoms with E-state index in [9.17, 15) is 0 Å². The van der Waals surface area contributed by atoms with Crippen LogP contribution < -0.4 is 0 Å². The second-order valence-corrected chi connectivity index (χ2v) is 5.65. The van der Waals surface area contributed by atoms with Crippen LogP contribution in [0.15, 0.2) is 30.3 Å². The Morgan fingerprint density at radius 1 is 1.00 bits per heavy atom. The standard InChI is InChI=1S/C16H25N/c1-14(2)13-16(15-9-5-3-6-10-15)17-11-7-4-8-12-17/h3,5-6,9-10,14,16H,4,7-8,11-13H2,1-2H3/t16-/m1/s1. The van der Waals surface area contributed by atoms with E-state index >= 15 is 0 Å². The van der Waals surface area contributed by atoms with Crippen LogP contribution in [0.2, 0.25) is 0 Å². The van der Waals surface area contributed by atoms with Gasteiger partial charge in [-0.2, -0.15) is 0 Å². The van der Waals surface area contributed by atoms with E-state index in [0.717, 1.165) is 5.92 Å². The number of nitrogens with zero attached hydrogens (tertiary/aromatic N) is 1. The quantitative estimate of drug-likeness (QED) is 0.748. The van der Waals surface area contributed by atoms with Gasteiger partial charge in [-0.25, -0.2) is 0 Å². The van der Waals surface area contributed by atoms with Crippen molar-refractivity contribution >= 4 is 0 Å². The lowest BCUT2D eigenvalue weighted by molar-refractivity contribution is 0.145. The van der Waals surface area contributed by atoms with E-state index in [1.165, 1.54) is 44.3 Å². The first-order valence-electron chi connectivity index (χ1n) is 7.06. The maximum Gasteiger partial charge on any atom is 0.0350 e. The summed E-state index contributed by atoms with van der Waals surface area (Å²) in [5, 5.41) is 0. The highest BCUT2D eigenvalue weighted by molar-refractivity contribution is 5.19. The summed E-state index contributed by atoms with van der Waals surface area (Å²) in [6.07, 6.45) is 5.45. The van der Waals surface area contributed by atoms with Gasteiger partial charge in [-0.15, -0.1) is 0 Å². The zero-order valence-corrected chi connectivity index (χ0v) is 11.2. The van der Waals surface area contributed by atoms with Crippen molar-refractivity contribution < 1.29 is 0 Å². The number of likely N-dealkylation sites (tertiary alicyclic amines) is 1. The molecule has 0 saturated carbocycles. The molecule has 0 radical (unpaired) electrons. The lowest BCUT2D eigenvalue weighted by atomic mass is 9.94. The van der Waals surface area contributed by atoms with E-state index < -0.39 is 0 Å². The molecule has 1 heterocycles. The van der Waals surface area contributed by atoms with E-state index in [2.05, 4.69) is 49.1 Å². The molecule has 0 amide bonds. The van der Waals surface area contributed by atoms with E-state index in [-0.39, 0.29) is 0 Å². The summed E-state index contributed by atoms with van der Waals surface area (Å²) in [6.45, 7) is 7.23. The smallest absolute Gasteiger partial charge is 0.0350 e. The lowest BCUT2D eigenvalue weighted by Crippen LogP contribution is -2.34. The fraction of sp³-hybridized carbons (Fsp3) is 0.625. The predicted molar refractivity (Wildman–Crippen MR) is 74.1 cm³/mol. The van der Waals surface area contributed by atoms with Crippen LogP contribution in [0.25, 0.3) is 0 Å². The van der Waals surface area contributed by atoms with Gasteiger partial charge in [-0.05, 0) is 43.8 Å². The topological polar surface area (TPSA) is 3.24 Å². The van der Waals surface area contributed by atoms with Crippen molar-refractivity contribution in [1.82, 2.24) is 4.90 Å². The van der Waals surface area contributed by atoms with Crippen molar-refractivity contribution in [3.63, 3.8) is 0 Å². The monoisotopic (exact) mass is 231 g/mol. The average Bonchev–Trinajstić information content (AvgIpc) is 2.38. The maximum atomic E-state index is 2.69. The lowest BCUT2D eigenvalue weighted by Gasteiger charge is -2.36. The minimum Gasteiger partial charge on any atom is -0.296 e. The van der Waals surface area contributed by atoms with Crippen LogP contribution in [0.5, 0.6) is 0 Å². The highest BCUT2D eigenvalue weighted by Crippen LogP contribution is 2.30. The van der Waals surface area contributed by atoms with Gasteiger partial charge in [0.15, 0.2) is 0 Å². The van der Waals surface area contributed by atoms with Crippen LogP contribution in [-0.2, 0) is 0 Å². The van der Waals surface area contributed by atoms with Gasteiger partial charge in [0.1, 0.15) is 0 Å². The Hall–Kier alpha value is -0.820. The third kappa shape index (κ3) is 3.57. The summed E-state index contributed by atoms with van der Waals surface area (Å²) in [4.78, 5) is 2.69. The van der Waals surface area contributed by atoms with Crippen LogP contribution in [0.4, 0.5) is 0 Å². The number of hydrogen-bond donors (Lipinski definition) is 0. The summed E-state index contributed by atoms with van der Waals surface area (Å²) in [5.74, 6) is 0.766. The van der Waals surface area contributed by atoms with Crippen LogP contribution in [0.3, 0.4) is 0 Å². The summed E-state index contributed by atoms with van der Waals surface area (Å²) in [5.41, 5.74) is 1.50. The first kappa shape index (κ1) is 12.6. The molecule has 1 fully saturated rings. The van der Waals surface area contributed by atoms with Gasteiger partial charge < -0.3 is 0 Å². The van der Waals surface area contributed by atoms with Crippen molar-refractivity contribution in [3.05, 3.63) is 35.9 Å². The van der Waals surface area contributed by atoms with Gasteiger partial charge in [0.05, 0.1) is 0 Å². The molecule has 1 aromatic carbocycles. The molecule has 0 N–H and O–H groups in total. The zero-order chi connectivity index (χ0) is 12.1. The zero-order valence-electron chi connectivity index (χ0n) is 11.2. The maximum absolute atomic E-state index is 2.69. The summed E-state index contributed by atoms with van der Waals surface area (Å²) in [7, 11) is 0.